The molecular weight excluding hydrogens is 252 g/mol. The molecule has 0 bridgehead atoms. The van der Waals surface area contributed by atoms with Crippen LogP contribution in [0.3, 0.4) is 0 Å². The Morgan fingerprint density at radius 1 is 1.45 bits per heavy atom. The lowest BCUT2D eigenvalue weighted by molar-refractivity contribution is 0.207. The van der Waals surface area contributed by atoms with Crippen LogP contribution in [0, 0.1) is 12.8 Å². The normalized spacial score (nSPS) is 17.9. The second-order valence-electron chi connectivity index (χ2n) is 5.97. The van der Waals surface area contributed by atoms with Gasteiger partial charge in [0.25, 0.3) is 0 Å². The zero-order valence-corrected chi connectivity index (χ0v) is 13.2. The van der Waals surface area contributed by atoms with Gasteiger partial charge in [0, 0.05) is 20.1 Å². The number of hydrogen-bond acceptors (Lipinski definition) is 4. The number of hydrogen-bond donors (Lipinski definition) is 1. The molecule has 1 fully saturated rings. The van der Waals surface area contributed by atoms with Crippen LogP contribution in [0.2, 0.25) is 0 Å². The summed E-state index contributed by atoms with van der Waals surface area (Å²) in [5, 5.41) is 4.47. The molecule has 1 atom stereocenters. The first-order chi connectivity index (χ1) is 9.58. The minimum atomic E-state index is 0.180. The average molecular weight is 280 g/mol. The van der Waals surface area contributed by atoms with Gasteiger partial charge >= 0.3 is 0 Å². The van der Waals surface area contributed by atoms with E-state index in [4.69, 9.17) is 10.5 Å². The van der Waals surface area contributed by atoms with Crippen molar-refractivity contribution in [1.82, 2.24) is 14.7 Å². The first-order valence-electron chi connectivity index (χ1n) is 7.56. The van der Waals surface area contributed by atoms with E-state index < -0.39 is 0 Å². The lowest BCUT2D eigenvalue weighted by atomic mass is 10.0. The molecule has 0 spiro atoms. The molecule has 1 heterocycles. The highest BCUT2D eigenvalue weighted by Crippen LogP contribution is 2.33. The molecular formula is C15H28N4O. The van der Waals surface area contributed by atoms with E-state index in [9.17, 15) is 0 Å². The second kappa shape index (κ2) is 6.59. The van der Waals surface area contributed by atoms with Gasteiger partial charge in [0.05, 0.1) is 24.4 Å². The monoisotopic (exact) mass is 280 g/mol. The lowest BCUT2D eigenvalue weighted by Gasteiger charge is -2.29. The van der Waals surface area contributed by atoms with Crippen molar-refractivity contribution >= 4 is 0 Å². The van der Waals surface area contributed by atoms with Gasteiger partial charge in [-0.15, -0.1) is 0 Å². The van der Waals surface area contributed by atoms with E-state index in [0.29, 0.717) is 6.54 Å². The van der Waals surface area contributed by atoms with Gasteiger partial charge in [-0.05, 0) is 32.7 Å². The summed E-state index contributed by atoms with van der Waals surface area (Å²) < 4.78 is 7.32. The standard InChI is InChI=1S/C15H28N4O/c1-11-14(15(20-4)19(3)17-11)13(9-16)18(2)10-12-7-5-6-8-12/h12-13H,5-10,16H2,1-4H3. The van der Waals surface area contributed by atoms with Crippen molar-refractivity contribution < 1.29 is 4.74 Å². The largest absolute Gasteiger partial charge is 0.481 e. The van der Waals surface area contributed by atoms with E-state index in [0.717, 1.165) is 29.6 Å². The first-order valence-corrected chi connectivity index (χ1v) is 7.56. The molecule has 2 N–H and O–H groups in total. The van der Waals surface area contributed by atoms with E-state index in [-0.39, 0.29) is 6.04 Å². The minimum absolute atomic E-state index is 0.180. The average Bonchev–Trinajstić information content (AvgIpc) is 2.99. The van der Waals surface area contributed by atoms with Crippen molar-refractivity contribution in [3.8, 4) is 5.88 Å². The van der Waals surface area contributed by atoms with Crippen LogP contribution in [0.4, 0.5) is 0 Å². The topological polar surface area (TPSA) is 56.3 Å². The van der Waals surface area contributed by atoms with Gasteiger partial charge in [-0.3, -0.25) is 4.90 Å². The van der Waals surface area contributed by atoms with Gasteiger partial charge in [-0.1, -0.05) is 12.8 Å². The van der Waals surface area contributed by atoms with Crippen LogP contribution in [0.5, 0.6) is 5.88 Å². The summed E-state index contributed by atoms with van der Waals surface area (Å²) in [4.78, 5) is 2.38. The van der Waals surface area contributed by atoms with Crippen LogP contribution in [0.15, 0.2) is 0 Å². The number of likely N-dealkylation sites (N-methyl/N-ethyl adjacent to an activating group) is 1. The molecule has 1 saturated carbocycles. The fourth-order valence-electron chi connectivity index (χ4n) is 3.52. The SMILES string of the molecule is COc1c(C(CN)N(C)CC2CCCC2)c(C)nn1C. The predicted octanol–water partition coefficient (Wildman–Crippen LogP) is 1.86. The summed E-state index contributed by atoms with van der Waals surface area (Å²) in [7, 11) is 5.78. The molecule has 0 aromatic carbocycles. The third-order valence-electron chi connectivity index (χ3n) is 4.52. The highest BCUT2D eigenvalue weighted by molar-refractivity contribution is 5.34. The van der Waals surface area contributed by atoms with E-state index in [1.54, 1.807) is 11.8 Å². The maximum atomic E-state index is 6.05. The van der Waals surface area contributed by atoms with Gasteiger partial charge in [0.1, 0.15) is 0 Å². The van der Waals surface area contributed by atoms with Crippen LogP contribution >= 0.6 is 0 Å². The summed E-state index contributed by atoms with van der Waals surface area (Å²) in [5.41, 5.74) is 8.20. The van der Waals surface area contributed by atoms with Crippen LogP contribution < -0.4 is 10.5 Å². The van der Waals surface area contributed by atoms with Gasteiger partial charge in [0.15, 0.2) is 0 Å². The summed E-state index contributed by atoms with van der Waals surface area (Å²) in [6.07, 6.45) is 5.46. The predicted molar refractivity (Wildman–Crippen MR) is 80.9 cm³/mol. The Morgan fingerprint density at radius 3 is 2.65 bits per heavy atom. The van der Waals surface area contributed by atoms with Crippen LogP contribution in [-0.2, 0) is 7.05 Å². The Kier molecular flexibility index (Phi) is 5.05. The fourth-order valence-corrected chi connectivity index (χ4v) is 3.52. The molecule has 0 amide bonds. The molecule has 1 aliphatic rings. The van der Waals surface area contributed by atoms with Crippen LogP contribution in [-0.4, -0.2) is 41.9 Å². The smallest absolute Gasteiger partial charge is 0.216 e. The van der Waals surface area contributed by atoms with E-state index in [1.165, 1.54) is 25.7 Å². The van der Waals surface area contributed by atoms with E-state index in [1.807, 2.05) is 14.0 Å². The van der Waals surface area contributed by atoms with Crippen LogP contribution in [0.25, 0.3) is 0 Å². The maximum absolute atomic E-state index is 6.05. The first kappa shape index (κ1) is 15.3. The zero-order valence-electron chi connectivity index (χ0n) is 13.2. The Morgan fingerprint density at radius 2 is 2.10 bits per heavy atom. The lowest BCUT2D eigenvalue weighted by Crippen LogP contribution is -2.34. The summed E-state index contributed by atoms with van der Waals surface area (Å²) in [6.45, 7) is 3.73. The second-order valence-corrected chi connectivity index (χ2v) is 5.97. The fraction of sp³-hybridized carbons (Fsp3) is 0.800. The number of rotatable bonds is 6. The highest BCUT2D eigenvalue weighted by atomic mass is 16.5. The number of aryl methyl sites for hydroxylation is 2. The Hall–Kier alpha value is -1.07. The number of aromatic nitrogens is 2. The van der Waals surface area contributed by atoms with Crippen molar-refractivity contribution in [3.63, 3.8) is 0 Å². The summed E-state index contributed by atoms with van der Waals surface area (Å²) >= 11 is 0. The molecule has 0 aliphatic heterocycles. The molecule has 0 saturated heterocycles. The van der Waals surface area contributed by atoms with Crippen molar-refractivity contribution in [2.75, 3.05) is 27.2 Å². The molecule has 1 aromatic heterocycles. The molecule has 1 unspecified atom stereocenters. The van der Waals surface area contributed by atoms with Crippen molar-refractivity contribution in [2.24, 2.45) is 18.7 Å². The molecule has 2 rings (SSSR count). The third-order valence-corrected chi connectivity index (χ3v) is 4.52. The molecule has 0 radical (unpaired) electrons. The molecule has 5 heteroatoms. The minimum Gasteiger partial charge on any atom is -0.481 e. The zero-order chi connectivity index (χ0) is 14.7. The van der Waals surface area contributed by atoms with E-state index in [2.05, 4.69) is 17.0 Å². The molecule has 114 valence electrons. The molecule has 20 heavy (non-hydrogen) atoms. The maximum Gasteiger partial charge on any atom is 0.216 e. The Labute approximate surface area is 122 Å². The Balaban J connectivity index is 2.18. The number of methoxy groups -OCH3 is 1. The number of nitrogens with two attached hydrogens (primary N) is 1. The summed E-state index contributed by atoms with van der Waals surface area (Å²) in [5.74, 6) is 1.65. The van der Waals surface area contributed by atoms with Crippen molar-refractivity contribution in [3.05, 3.63) is 11.3 Å². The summed E-state index contributed by atoms with van der Waals surface area (Å²) in [6, 6.07) is 0.180. The van der Waals surface area contributed by atoms with Crippen molar-refractivity contribution in [2.45, 2.75) is 38.6 Å². The number of nitrogens with zero attached hydrogens (tertiary/aromatic N) is 3. The molecule has 1 aliphatic carbocycles. The number of ether oxygens (including phenoxy) is 1. The van der Waals surface area contributed by atoms with Gasteiger partial charge in [-0.2, -0.15) is 5.10 Å². The van der Waals surface area contributed by atoms with Gasteiger partial charge in [-0.25, -0.2) is 4.68 Å². The van der Waals surface area contributed by atoms with Gasteiger partial charge in [0.2, 0.25) is 5.88 Å². The molecule has 1 aromatic rings. The quantitative estimate of drug-likeness (QED) is 0.864. The van der Waals surface area contributed by atoms with Crippen molar-refractivity contribution in [1.29, 1.82) is 0 Å². The van der Waals surface area contributed by atoms with Crippen LogP contribution in [0.1, 0.15) is 43.0 Å². The Bertz CT molecular complexity index is 437. The third kappa shape index (κ3) is 2.99. The molecule has 5 nitrogen and oxygen atoms in total. The van der Waals surface area contributed by atoms with E-state index >= 15 is 0 Å². The highest BCUT2D eigenvalue weighted by Gasteiger charge is 2.27. The van der Waals surface area contributed by atoms with Gasteiger partial charge < -0.3 is 10.5 Å².